The molecule has 0 spiro atoms. The highest BCUT2D eigenvalue weighted by Gasteiger charge is 2.29. The van der Waals surface area contributed by atoms with Crippen molar-refractivity contribution in [1.29, 1.82) is 0 Å². The zero-order valence-corrected chi connectivity index (χ0v) is 10.7. The average Bonchev–Trinajstić information content (AvgIpc) is 2.28. The van der Waals surface area contributed by atoms with E-state index in [1.807, 2.05) is 6.08 Å². The van der Waals surface area contributed by atoms with E-state index in [1.165, 1.54) is 7.11 Å². The Morgan fingerprint density at radius 2 is 2.06 bits per heavy atom. The van der Waals surface area contributed by atoms with Gasteiger partial charge in [-0.05, 0) is 12.3 Å². The summed E-state index contributed by atoms with van der Waals surface area (Å²) in [4.78, 5) is 10.9. The predicted molar refractivity (Wildman–Crippen MR) is 65.2 cm³/mol. The molecular formula is C12H23NO4. The lowest BCUT2D eigenvalue weighted by Gasteiger charge is -2.22. The van der Waals surface area contributed by atoms with Crippen LogP contribution >= 0.6 is 0 Å². The van der Waals surface area contributed by atoms with Crippen molar-refractivity contribution in [3.8, 4) is 0 Å². The van der Waals surface area contributed by atoms with Crippen LogP contribution in [0.1, 0.15) is 26.7 Å². The Morgan fingerprint density at radius 1 is 1.47 bits per heavy atom. The lowest BCUT2D eigenvalue weighted by Crippen LogP contribution is -2.46. The van der Waals surface area contributed by atoms with Crippen molar-refractivity contribution in [2.75, 3.05) is 7.11 Å². The molecule has 0 aromatic rings. The normalized spacial score (nSPS) is 18.9. The second kappa shape index (κ2) is 8.22. The summed E-state index contributed by atoms with van der Waals surface area (Å²) in [7, 11) is 1.26. The van der Waals surface area contributed by atoms with Gasteiger partial charge < -0.3 is 20.7 Å². The highest BCUT2D eigenvalue weighted by atomic mass is 16.5. The molecule has 5 heteroatoms. The van der Waals surface area contributed by atoms with Crippen LogP contribution in [-0.4, -0.2) is 41.5 Å². The molecule has 0 radical (unpaired) electrons. The number of amides is 1. The van der Waals surface area contributed by atoms with Gasteiger partial charge in [-0.15, -0.1) is 0 Å². The van der Waals surface area contributed by atoms with Gasteiger partial charge in [-0.2, -0.15) is 0 Å². The molecule has 0 bridgehead atoms. The van der Waals surface area contributed by atoms with Crippen LogP contribution in [0.15, 0.2) is 12.2 Å². The van der Waals surface area contributed by atoms with Gasteiger partial charge in [0.1, 0.15) is 6.10 Å². The van der Waals surface area contributed by atoms with Gasteiger partial charge in [-0.1, -0.05) is 32.4 Å². The third kappa shape index (κ3) is 5.81. The highest BCUT2D eigenvalue weighted by Crippen LogP contribution is 2.09. The van der Waals surface area contributed by atoms with Crippen LogP contribution in [0.25, 0.3) is 0 Å². The molecule has 0 aromatic heterocycles. The van der Waals surface area contributed by atoms with Gasteiger partial charge >= 0.3 is 0 Å². The largest absolute Gasteiger partial charge is 0.390 e. The average molecular weight is 245 g/mol. The fourth-order valence-electron chi connectivity index (χ4n) is 1.35. The third-order valence-electron chi connectivity index (χ3n) is 2.72. The minimum atomic E-state index is -1.31. The molecular weight excluding hydrogens is 222 g/mol. The van der Waals surface area contributed by atoms with Crippen molar-refractivity contribution in [1.82, 2.24) is 0 Å². The van der Waals surface area contributed by atoms with Crippen LogP contribution in [0.3, 0.4) is 0 Å². The van der Waals surface area contributed by atoms with Gasteiger partial charge in [0.2, 0.25) is 5.91 Å². The number of aliphatic hydroxyl groups is 2. The standard InChI is InChI=1S/C12H23NO4/c1-4-8(2)6-5-7-9(14)10(15)11(17-3)12(13)16/h5-6,8-11,14-15H,4,7H2,1-3H3,(H2,13,16)/b6-5+. The van der Waals surface area contributed by atoms with Crippen molar-refractivity contribution in [2.24, 2.45) is 11.7 Å². The van der Waals surface area contributed by atoms with E-state index in [1.54, 1.807) is 6.08 Å². The van der Waals surface area contributed by atoms with Gasteiger partial charge in [0, 0.05) is 7.11 Å². The van der Waals surface area contributed by atoms with Gasteiger partial charge in [-0.3, -0.25) is 4.79 Å². The number of ether oxygens (including phenoxy) is 1. The van der Waals surface area contributed by atoms with E-state index in [2.05, 4.69) is 13.8 Å². The minimum absolute atomic E-state index is 0.263. The number of methoxy groups -OCH3 is 1. The molecule has 0 rings (SSSR count). The zero-order valence-electron chi connectivity index (χ0n) is 10.7. The molecule has 0 aliphatic rings. The zero-order chi connectivity index (χ0) is 13.4. The molecule has 4 unspecified atom stereocenters. The smallest absolute Gasteiger partial charge is 0.249 e. The number of aliphatic hydroxyl groups excluding tert-OH is 2. The van der Waals surface area contributed by atoms with E-state index in [9.17, 15) is 15.0 Å². The molecule has 4 atom stereocenters. The Balaban J connectivity index is 4.25. The van der Waals surface area contributed by atoms with Gasteiger partial charge in [0.05, 0.1) is 6.10 Å². The SMILES string of the molecule is CCC(C)/C=C/CC(O)C(O)C(OC)C(N)=O. The molecule has 1 amide bonds. The quantitative estimate of drug-likeness (QED) is 0.533. The number of hydrogen-bond donors (Lipinski definition) is 3. The maximum Gasteiger partial charge on any atom is 0.249 e. The Morgan fingerprint density at radius 3 is 2.47 bits per heavy atom. The number of nitrogens with two attached hydrogens (primary N) is 1. The Hall–Kier alpha value is -0.910. The summed E-state index contributed by atoms with van der Waals surface area (Å²) in [5.74, 6) is -0.362. The van der Waals surface area contributed by atoms with E-state index >= 15 is 0 Å². The van der Waals surface area contributed by atoms with Crippen molar-refractivity contribution in [3.63, 3.8) is 0 Å². The fourth-order valence-corrected chi connectivity index (χ4v) is 1.35. The molecule has 0 saturated heterocycles. The van der Waals surface area contributed by atoms with Crippen LogP contribution in [0.2, 0.25) is 0 Å². The Bertz CT molecular complexity index is 255. The summed E-state index contributed by atoms with van der Waals surface area (Å²) in [6, 6.07) is 0. The first-order valence-corrected chi connectivity index (χ1v) is 5.78. The third-order valence-corrected chi connectivity index (χ3v) is 2.72. The van der Waals surface area contributed by atoms with E-state index < -0.39 is 24.2 Å². The molecule has 0 aliphatic heterocycles. The van der Waals surface area contributed by atoms with Crippen molar-refractivity contribution in [2.45, 2.75) is 45.0 Å². The lowest BCUT2D eigenvalue weighted by molar-refractivity contribution is -0.140. The molecule has 4 N–H and O–H groups in total. The number of carbonyl (C=O) groups excluding carboxylic acids is 1. The van der Waals surface area contributed by atoms with Crippen LogP contribution < -0.4 is 5.73 Å². The molecule has 0 fully saturated rings. The van der Waals surface area contributed by atoms with E-state index in [4.69, 9.17) is 10.5 Å². The second-order valence-corrected chi connectivity index (χ2v) is 4.17. The molecule has 0 saturated carbocycles. The predicted octanol–water partition coefficient (Wildman–Crippen LogP) is 0.201. The summed E-state index contributed by atoms with van der Waals surface area (Å²) in [5, 5.41) is 19.3. The summed E-state index contributed by atoms with van der Waals surface area (Å²) < 4.78 is 4.73. The van der Waals surface area contributed by atoms with E-state index in [-0.39, 0.29) is 6.42 Å². The van der Waals surface area contributed by atoms with E-state index in [0.29, 0.717) is 5.92 Å². The number of hydrogen-bond acceptors (Lipinski definition) is 4. The van der Waals surface area contributed by atoms with Gasteiger partial charge in [0.25, 0.3) is 0 Å². The number of carbonyl (C=O) groups is 1. The van der Waals surface area contributed by atoms with Crippen molar-refractivity contribution >= 4 is 5.91 Å². The first-order valence-electron chi connectivity index (χ1n) is 5.78. The molecule has 0 heterocycles. The highest BCUT2D eigenvalue weighted by molar-refractivity contribution is 5.79. The lowest BCUT2D eigenvalue weighted by atomic mass is 10.0. The van der Waals surface area contributed by atoms with Crippen molar-refractivity contribution < 1.29 is 19.7 Å². The van der Waals surface area contributed by atoms with Crippen LogP contribution in [0, 0.1) is 5.92 Å². The molecule has 0 aliphatic carbocycles. The maximum absolute atomic E-state index is 10.9. The van der Waals surface area contributed by atoms with E-state index in [0.717, 1.165) is 6.42 Å². The maximum atomic E-state index is 10.9. The first-order chi connectivity index (χ1) is 7.93. The molecule has 100 valence electrons. The van der Waals surface area contributed by atoms with Crippen LogP contribution in [0.4, 0.5) is 0 Å². The number of rotatable bonds is 8. The summed E-state index contributed by atoms with van der Waals surface area (Å²) in [6.45, 7) is 4.12. The minimum Gasteiger partial charge on any atom is -0.390 e. The molecule has 0 aromatic carbocycles. The molecule has 5 nitrogen and oxygen atoms in total. The summed E-state index contributed by atoms with van der Waals surface area (Å²) >= 11 is 0. The first kappa shape index (κ1) is 16.1. The van der Waals surface area contributed by atoms with Gasteiger partial charge in [0.15, 0.2) is 6.10 Å². The number of primary amides is 1. The Kier molecular flexibility index (Phi) is 7.78. The molecule has 17 heavy (non-hydrogen) atoms. The van der Waals surface area contributed by atoms with Crippen molar-refractivity contribution in [3.05, 3.63) is 12.2 Å². The monoisotopic (exact) mass is 245 g/mol. The van der Waals surface area contributed by atoms with Gasteiger partial charge in [-0.25, -0.2) is 0 Å². The fraction of sp³-hybridized carbons (Fsp3) is 0.750. The topological polar surface area (TPSA) is 92.8 Å². The van der Waals surface area contributed by atoms with Crippen LogP contribution in [-0.2, 0) is 9.53 Å². The van der Waals surface area contributed by atoms with Crippen LogP contribution in [0.5, 0.6) is 0 Å². The summed E-state index contributed by atoms with van der Waals surface area (Å²) in [6.07, 6.45) is 1.47. The second-order valence-electron chi connectivity index (χ2n) is 4.17. The number of allylic oxidation sites excluding steroid dienone is 1. The summed E-state index contributed by atoms with van der Waals surface area (Å²) in [5.41, 5.74) is 5.03. The Labute approximate surface area is 102 Å².